The second kappa shape index (κ2) is 6.40. The average Bonchev–Trinajstić information content (AvgIpc) is 2.35. The summed E-state index contributed by atoms with van der Waals surface area (Å²) in [5.41, 5.74) is 8.02. The summed E-state index contributed by atoms with van der Waals surface area (Å²) < 4.78 is 0. The summed E-state index contributed by atoms with van der Waals surface area (Å²) >= 11 is 0. The average molecular weight is 233 g/mol. The lowest BCUT2D eigenvalue weighted by Crippen LogP contribution is -2.30. The zero-order valence-corrected chi connectivity index (χ0v) is 11.1. The lowest BCUT2D eigenvalue weighted by atomic mass is 10.1. The lowest BCUT2D eigenvalue weighted by molar-refractivity contribution is 0.672. The standard InChI is InChI=1S/C14H23N3/c1-5-9-17(11(3)4)12-7-8-14(16-10-12)13(15)6-2/h5,7-8,10-11,13H,1,6,9,15H2,2-4H3. The highest BCUT2D eigenvalue weighted by molar-refractivity contribution is 5.46. The van der Waals surface area contributed by atoms with E-state index in [2.05, 4.69) is 43.3 Å². The van der Waals surface area contributed by atoms with Crippen molar-refractivity contribution in [3.8, 4) is 0 Å². The zero-order valence-electron chi connectivity index (χ0n) is 11.1. The highest BCUT2D eigenvalue weighted by Crippen LogP contribution is 2.18. The first-order chi connectivity index (χ1) is 8.10. The van der Waals surface area contributed by atoms with Gasteiger partial charge >= 0.3 is 0 Å². The highest BCUT2D eigenvalue weighted by atomic mass is 15.2. The molecular weight excluding hydrogens is 210 g/mol. The summed E-state index contributed by atoms with van der Waals surface area (Å²) in [6.07, 6.45) is 4.72. The van der Waals surface area contributed by atoms with Gasteiger partial charge in [-0.1, -0.05) is 13.0 Å². The molecule has 0 aliphatic carbocycles. The van der Waals surface area contributed by atoms with Gasteiger partial charge in [-0.15, -0.1) is 6.58 Å². The predicted octanol–water partition coefficient (Wildman–Crippen LogP) is 2.89. The molecule has 94 valence electrons. The third-order valence-corrected chi connectivity index (χ3v) is 2.87. The van der Waals surface area contributed by atoms with Crippen LogP contribution in [0.4, 0.5) is 5.69 Å². The van der Waals surface area contributed by atoms with E-state index in [-0.39, 0.29) is 6.04 Å². The van der Waals surface area contributed by atoms with E-state index in [4.69, 9.17) is 5.73 Å². The van der Waals surface area contributed by atoms with Crippen molar-refractivity contribution in [3.63, 3.8) is 0 Å². The first kappa shape index (κ1) is 13.7. The van der Waals surface area contributed by atoms with Gasteiger partial charge in [0.15, 0.2) is 0 Å². The Balaban J connectivity index is 2.87. The molecule has 1 unspecified atom stereocenters. The van der Waals surface area contributed by atoms with Gasteiger partial charge in [-0.3, -0.25) is 4.98 Å². The Morgan fingerprint density at radius 2 is 2.18 bits per heavy atom. The van der Waals surface area contributed by atoms with Crippen LogP contribution in [0.1, 0.15) is 38.9 Å². The molecule has 3 heteroatoms. The van der Waals surface area contributed by atoms with Gasteiger partial charge in [-0.05, 0) is 32.4 Å². The maximum absolute atomic E-state index is 5.95. The van der Waals surface area contributed by atoms with E-state index in [1.807, 2.05) is 18.3 Å². The quantitative estimate of drug-likeness (QED) is 0.768. The first-order valence-corrected chi connectivity index (χ1v) is 6.19. The van der Waals surface area contributed by atoms with Crippen LogP contribution in [0.5, 0.6) is 0 Å². The molecule has 0 aromatic carbocycles. The van der Waals surface area contributed by atoms with Gasteiger partial charge in [-0.25, -0.2) is 0 Å². The van der Waals surface area contributed by atoms with Crippen molar-refractivity contribution in [2.75, 3.05) is 11.4 Å². The van der Waals surface area contributed by atoms with Crippen LogP contribution in [-0.4, -0.2) is 17.6 Å². The largest absolute Gasteiger partial charge is 0.364 e. The zero-order chi connectivity index (χ0) is 12.8. The Morgan fingerprint density at radius 1 is 1.47 bits per heavy atom. The number of nitrogens with two attached hydrogens (primary N) is 1. The van der Waals surface area contributed by atoms with Gasteiger partial charge < -0.3 is 10.6 Å². The van der Waals surface area contributed by atoms with E-state index < -0.39 is 0 Å². The molecule has 1 heterocycles. The summed E-state index contributed by atoms with van der Waals surface area (Å²) in [5, 5.41) is 0. The molecule has 0 bridgehead atoms. The number of hydrogen-bond donors (Lipinski definition) is 1. The molecule has 3 nitrogen and oxygen atoms in total. The van der Waals surface area contributed by atoms with E-state index in [0.29, 0.717) is 6.04 Å². The Labute approximate surface area is 104 Å². The molecule has 0 saturated heterocycles. The molecular formula is C14H23N3. The van der Waals surface area contributed by atoms with Crippen molar-refractivity contribution in [2.45, 2.75) is 39.3 Å². The molecule has 0 spiro atoms. The molecule has 0 aliphatic rings. The second-order valence-corrected chi connectivity index (χ2v) is 4.49. The van der Waals surface area contributed by atoms with Crippen LogP contribution in [0.15, 0.2) is 31.0 Å². The Hall–Kier alpha value is -1.35. The molecule has 0 saturated carbocycles. The third-order valence-electron chi connectivity index (χ3n) is 2.87. The van der Waals surface area contributed by atoms with Crippen molar-refractivity contribution >= 4 is 5.69 Å². The lowest BCUT2D eigenvalue weighted by Gasteiger charge is -2.27. The number of rotatable bonds is 6. The normalized spacial score (nSPS) is 12.5. The SMILES string of the molecule is C=CCN(c1ccc(C(N)CC)nc1)C(C)C. The van der Waals surface area contributed by atoms with Crippen molar-refractivity contribution in [1.82, 2.24) is 4.98 Å². The van der Waals surface area contributed by atoms with E-state index in [1.165, 1.54) is 0 Å². The fraction of sp³-hybridized carbons (Fsp3) is 0.500. The molecule has 1 aromatic heterocycles. The monoisotopic (exact) mass is 233 g/mol. The van der Waals surface area contributed by atoms with Gasteiger partial charge in [0.05, 0.1) is 17.6 Å². The molecule has 0 fully saturated rings. The number of hydrogen-bond acceptors (Lipinski definition) is 3. The molecule has 1 aromatic rings. The summed E-state index contributed by atoms with van der Waals surface area (Å²) in [7, 11) is 0. The minimum Gasteiger partial charge on any atom is -0.364 e. The van der Waals surface area contributed by atoms with Crippen LogP contribution >= 0.6 is 0 Å². The van der Waals surface area contributed by atoms with Crippen molar-refractivity contribution in [3.05, 3.63) is 36.7 Å². The van der Waals surface area contributed by atoms with E-state index in [1.54, 1.807) is 0 Å². The van der Waals surface area contributed by atoms with Gasteiger partial charge in [0.1, 0.15) is 0 Å². The van der Waals surface area contributed by atoms with Crippen LogP contribution < -0.4 is 10.6 Å². The second-order valence-electron chi connectivity index (χ2n) is 4.49. The van der Waals surface area contributed by atoms with E-state index >= 15 is 0 Å². The molecule has 0 radical (unpaired) electrons. The molecule has 1 atom stereocenters. The van der Waals surface area contributed by atoms with Crippen molar-refractivity contribution in [2.24, 2.45) is 5.73 Å². The summed E-state index contributed by atoms with van der Waals surface area (Å²) in [6.45, 7) is 11.0. The maximum Gasteiger partial charge on any atom is 0.0572 e. The number of pyridine rings is 1. The maximum atomic E-state index is 5.95. The topological polar surface area (TPSA) is 42.1 Å². The van der Waals surface area contributed by atoms with Crippen LogP contribution in [0.2, 0.25) is 0 Å². The minimum absolute atomic E-state index is 0.0379. The highest BCUT2D eigenvalue weighted by Gasteiger charge is 2.10. The fourth-order valence-corrected chi connectivity index (χ4v) is 1.75. The molecule has 0 aliphatic heterocycles. The summed E-state index contributed by atoms with van der Waals surface area (Å²) in [5.74, 6) is 0. The van der Waals surface area contributed by atoms with E-state index in [0.717, 1.165) is 24.3 Å². The molecule has 0 amide bonds. The van der Waals surface area contributed by atoms with E-state index in [9.17, 15) is 0 Å². The number of anilines is 1. The third kappa shape index (κ3) is 3.56. The van der Waals surface area contributed by atoms with Gasteiger partial charge in [0.2, 0.25) is 0 Å². The minimum atomic E-state index is 0.0379. The molecule has 1 rings (SSSR count). The van der Waals surface area contributed by atoms with Gasteiger partial charge in [0.25, 0.3) is 0 Å². The van der Waals surface area contributed by atoms with Crippen LogP contribution in [-0.2, 0) is 0 Å². The molecule has 17 heavy (non-hydrogen) atoms. The fourth-order valence-electron chi connectivity index (χ4n) is 1.75. The predicted molar refractivity (Wildman–Crippen MR) is 74.1 cm³/mol. The number of nitrogens with zero attached hydrogens (tertiary/aromatic N) is 2. The summed E-state index contributed by atoms with van der Waals surface area (Å²) in [6, 6.07) is 4.57. The van der Waals surface area contributed by atoms with Crippen molar-refractivity contribution < 1.29 is 0 Å². The Kier molecular flexibility index (Phi) is 5.16. The van der Waals surface area contributed by atoms with Gasteiger partial charge in [0, 0.05) is 18.6 Å². The number of aromatic nitrogens is 1. The van der Waals surface area contributed by atoms with Crippen molar-refractivity contribution in [1.29, 1.82) is 0 Å². The van der Waals surface area contributed by atoms with Crippen LogP contribution in [0.3, 0.4) is 0 Å². The Morgan fingerprint density at radius 3 is 2.59 bits per heavy atom. The van der Waals surface area contributed by atoms with Gasteiger partial charge in [-0.2, -0.15) is 0 Å². The first-order valence-electron chi connectivity index (χ1n) is 6.19. The summed E-state index contributed by atoms with van der Waals surface area (Å²) in [4.78, 5) is 6.69. The molecule has 2 N–H and O–H groups in total. The van der Waals surface area contributed by atoms with Crippen LogP contribution in [0, 0.1) is 0 Å². The van der Waals surface area contributed by atoms with Crippen LogP contribution in [0.25, 0.3) is 0 Å². The smallest absolute Gasteiger partial charge is 0.0572 e. The Bertz CT molecular complexity index is 343.